The topological polar surface area (TPSA) is 78.4 Å². The predicted molar refractivity (Wildman–Crippen MR) is 81.5 cm³/mol. The van der Waals surface area contributed by atoms with Crippen LogP contribution < -0.4 is 10.0 Å². The van der Waals surface area contributed by atoms with Crippen LogP contribution in [0.4, 0.5) is 11.4 Å². The van der Waals surface area contributed by atoms with Gasteiger partial charge in [-0.2, -0.15) is 0 Å². The van der Waals surface area contributed by atoms with Crippen LogP contribution in [0.5, 0.6) is 0 Å². The molecule has 0 heterocycles. The third kappa shape index (κ3) is 4.38. The number of hydrogen-bond acceptors (Lipinski definition) is 4. The van der Waals surface area contributed by atoms with E-state index in [1.54, 1.807) is 6.07 Å². The van der Waals surface area contributed by atoms with Crippen LogP contribution in [-0.2, 0) is 10.0 Å². The Bertz CT molecular complexity index is 564. The van der Waals surface area contributed by atoms with Crippen molar-refractivity contribution in [1.82, 2.24) is 0 Å². The number of rotatable bonds is 4. The Kier molecular flexibility index (Phi) is 4.55. The quantitative estimate of drug-likeness (QED) is 0.795. The zero-order valence-corrected chi connectivity index (χ0v) is 12.7. The van der Waals surface area contributed by atoms with Gasteiger partial charge in [0.05, 0.1) is 18.0 Å². The largest absolute Gasteiger partial charge is 0.393 e. The summed E-state index contributed by atoms with van der Waals surface area (Å²) >= 11 is 0. The SMILES string of the molecule is Cc1cc(NC2CCC(O)CC2)ccc1NS(C)(=O)=O. The van der Waals surface area contributed by atoms with Gasteiger partial charge in [-0.15, -0.1) is 0 Å². The third-order valence-corrected chi connectivity index (χ3v) is 4.18. The van der Waals surface area contributed by atoms with Gasteiger partial charge < -0.3 is 10.4 Å². The zero-order chi connectivity index (χ0) is 14.8. The molecule has 0 atom stereocenters. The van der Waals surface area contributed by atoms with Crippen molar-refractivity contribution in [2.24, 2.45) is 0 Å². The summed E-state index contributed by atoms with van der Waals surface area (Å²) in [5.74, 6) is 0. The molecule has 0 amide bonds. The predicted octanol–water partition coefficient (Wildman–Crippen LogP) is 2.08. The molecule has 1 saturated carbocycles. The Hall–Kier alpha value is -1.27. The van der Waals surface area contributed by atoms with Crippen LogP contribution in [0.1, 0.15) is 31.2 Å². The van der Waals surface area contributed by atoms with Gasteiger partial charge in [0.2, 0.25) is 10.0 Å². The number of hydrogen-bond donors (Lipinski definition) is 3. The highest BCUT2D eigenvalue weighted by atomic mass is 32.2. The second-order valence-electron chi connectivity index (χ2n) is 5.55. The molecule has 1 aromatic carbocycles. The molecular formula is C14H22N2O3S. The van der Waals surface area contributed by atoms with E-state index < -0.39 is 10.0 Å². The van der Waals surface area contributed by atoms with Crippen molar-refractivity contribution in [3.8, 4) is 0 Å². The highest BCUT2D eigenvalue weighted by molar-refractivity contribution is 7.92. The van der Waals surface area contributed by atoms with Gasteiger partial charge in [-0.05, 0) is 56.4 Å². The number of aryl methyl sites for hydroxylation is 1. The minimum absolute atomic E-state index is 0.156. The van der Waals surface area contributed by atoms with Crippen molar-refractivity contribution in [1.29, 1.82) is 0 Å². The molecule has 112 valence electrons. The molecule has 1 aliphatic rings. The van der Waals surface area contributed by atoms with E-state index in [4.69, 9.17) is 0 Å². The Morgan fingerprint density at radius 2 is 1.85 bits per heavy atom. The second-order valence-corrected chi connectivity index (χ2v) is 7.30. The lowest BCUT2D eigenvalue weighted by Gasteiger charge is -2.27. The van der Waals surface area contributed by atoms with Crippen molar-refractivity contribution in [2.75, 3.05) is 16.3 Å². The van der Waals surface area contributed by atoms with Crippen LogP contribution in [0.15, 0.2) is 18.2 Å². The van der Waals surface area contributed by atoms with Crippen molar-refractivity contribution in [3.63, 3.8) is 0 Å². The van der Waals surface area contributed by atoms with Gasteiger partial charge in [0.25, 0.3) is 0 Å². The molecule has 0 unspecified atom stereocenters. The summed E-state index contributed by atoms with van der Waals surface area (Å²) in [6.07, 6.45) is 4.59. The molecule has 6 heteroatoms. The summed E-state index contributed by atoms with van der Waals surface area (Å²) < 4.78 is 25.0. The normalized spacial score (nSPS) is 23.4. The summed E-state index contributed by atoms with van der Waals surface area (Å²) in [6, 6.07) is 5.98. The molecule has 1 aromatic rings. The van der Waals surface area contributed by atoms with E-state index in [0.717, 1.165) is 43.2 Å². The molecule has 0 aliphatic heterocycles. The summed E-state index contributed by atoms with van der Waals surface area (Å²) in [4.78, 5) is 0. The Balaban J connectivity index is 2.02. The molecule has 0 saturated heterocycles. The van der Waals surface area contributed by atoms with E-state index in [9.17, 15) is 13.5 Å². The fraction of sp³-hybridized carbons (Fsp3) is 0.571. The zero-order valence-electron chi connectivity index (χ0n) is 11.9. The summed E-state index contributed by atoms with van der Waals surface area (Å²) in [5.41, 5.74) is 2.48. The summed E-state index contributed by atoms with van der Waals surface area (Å²) in [6.45, 7) is 1.88. The van der Waals surface area contributed by atoms with E-state index in [1.165, 1.54) is 0 Å². The first-order chi connectivity index (χ1) is 9.33. The first-order valence-electron chi connectivity index (χ1n) is 6.86. The molecule has 2 rings (SSSR count). The summed E-state index contributed by atoms with van der Waals surface area (Å²) in [5, 5.41) is 12.9. The Labute approximate surface area is 120 Å². The third-order valence-electron chi connectivity index (χ3n) is 3.59. The number of aliphatic hydroxyl groups excluding tert-OH is 1. The van der Waals surface area contributed by atoms with Crippen molar-refractivity contribution in [2.45, 2.75) is 44.8 Å². The van der Waals surface area contributed by atoms with Crippen LogP contribution in [0.3, 0.4) is 0 Å². The van der Waals surface area contributed by atoms with E-state index in [-0.39, 0.29) is 6.10 Å². The minimum Gasteiger partial charge on any atom is -0.393 e. The lowest BCUT2D eigenvalue weighted by atomic mass is 9.93. The van der Waals surface area contributed by atoms with Crippen molar-refractivity contribution in [3.05, 3.63) is 23.8 Å². The van der Waals surface area contributed by atoms with Crippen LogP contribution >= 0.6 is 0 Å². The van der Waals surface area contributed by atoms with Gasteiger partial charge in [-0.25, -0.2) is 8.42 Å². The highest BCUT2D eigenvalue weighted by Gasteiger charge is 2.19. The molecule has 3 N–H and O–H groups in total. The molecule has 0 radical (unpaired) electrons. The monoisotopic (exact) mass is 298 g/mol. The lowest BCUT2D eigenvalue weighted by molar-refractivity contribution is 0.126. The maximum atomic E-state index is 11.2. The van der Waals surface area contributed by atoms with Crippen LogP contribution in [0.2, 0.25) is 0 Å². The summed E-state index contributed by atoms with van der Waals surface area (Å²) in [7, 11) is -3.24. The molecular weight excluding hydrogens is 276 g/mol. The van der Waals surface area contributed by atoms with Gasteiger partial charge in [0.1, 0.15) is 0 Å². The van der Waals surface area contributed by atoms with Gasteiger partial charge in [-0.1, -0.05) is 0 Å². The van der Waals surface area contributed by atoms with E-state index in [1.807, 2.05) is 19.1 Å². The molecule has 1 fully saturated rings. The first kappa shape index (κ1) is 15.1. The first-order valence-corrected chi connectivity index (χ1v) is 8.76. The number of benzene rings is 1. The smallest absolute Gasteiger partial charge is 0.229 e. The number of aliphatic hydroxyl groups is 1. The fourth-order valence-electron chi connectivity index (χ4n) is 2.52. The maximum Gasteiger partial charge on any atom is 0.229 e. The average Bonchev–Trinajstić information content (AvgIpc) is 2.34. The number of anilines is 2. The average molecular weight is 298 g/mol. The van der Waals surface area contributed by atoms with E-state index >= 15 is 0 Å². The Morgan fingerprint density at radius 3 is 2.40 bits per heavy atom. The fourth-order valence-corrected chi connectivity index (χ4v) is 3.15. The highest BCUT2D eigenvalue weighted by Crippen LogP contribution is 2.25. The number of sulfonamides is 1. The van der Waals surface area contributed by atoms with Gasteiger partial charge in [0.15, 0.2) is 0 Å². The molecule has 0 aromatic heterocycles. The molecule has 0 bridgehead atoms. The van der Waals surface area contributed by atoms with E-state index in [2.05, 4.69) is 10.0 Å². The molecule has 1 aliphatic carbocycles. The van der Waals surface area contributed by atoms with E-state index in [0.29, 0.717) is 11.7 Å². The van der Waals surface area contributed by atoms with Gasteiger partial charge >= 0.3 is 0 Å². The van der Waals surface area contributed by atoms with Gasteiger partial charge in [-0.3, -0.25) is 4.72 Å². The van der Waals surface area contributed by atoms with Crippen LogP contribution in [0, 0.1) is 6.92 Å². The Morgan fingerprint density at radius 1 is 1.20 bits per heavy atom. The van der Waals surface area contributed by atoms with Crippen molar-refractivity contribution < 1.29 is 13.5 Å². The molecule has 5 nitrogen and oxygen atoms in total. The van der Waals surface area contributed by atoms with Crippen molar-refractivity contribution >= 4 is 21.4 Å². The lowest BCUT2D eigenvalue weighted by Crippen LogP contribution is -2.28. The molecule has 0 spiro atoms. The standard InChI is InChI=1S/C14H22N2O3S/c1-10-9-12(5-8-14(10)16-20(2,18)19)15-11-3-6-13(17)7-4-11/h5,8-9,11,13,15-17H,3-4,6-7H2,1-2H3. The second kappa shape index (κ2) is 6.01. The van der Waals surface area contributed by atoms with Crippen LogP contribution in [-0.4, -0.2) is 31.9 Å². The van der Waals surface area contributed by atoms with Gasteiger partial charge in [0, 0.05) is 11.7 Å². The molecule has 20 heavy (non-hydrogen) atoms. The number of nitrogens with one attached hydrogen (secondary N) is 2. The minimum atomic E-state index is -3.24. The van der Waals surface area contributed by atoms with Crippen LogP contribution in [0.25, 0.3) is 0 Å². The maximum absolute atomic E-state index is 11.2.